The molecule has 0 unspecified atom stereocenters. The number of aryl methyl sites for hydroxylation is 1. The van der Waals surface area contributed by atoms with Crippen molar-refractivity contribution in [2.24, 2.45) is 0 Å². The van der Waals surface area contributed by atoms with E-state index in [1.54, 1.807) is 0 Å². The molecule has 27 heavy (non-hydrogen) atoms. The lowest BCUT2D eigenvalue weighted by Gasteiger charge is -2.13. The normalized spacial score (nSPS) is 10.9. The summed E-state index contributed by atoms with van der Waals surface area (Å²) in [5.74, 6) is 0.0430. The first-order valence-corrected chi connectivity index (χ1v) is 9.56. The Morgan fingerprint density at radius 1 is 1.11 bits per heavy atom. The van der Waals surface area contributed by atoms with E-state index in [-0.39, 0.29) is 6.42 Å². The average molecular weight is 383 g/mol. The molecule has 0 spiro atoms. The molecule has 0 atom stereocenters. The quantitative estimate of drug-likeness (QED) is 0.581. The lowest BCUT2D eigenvalue weighted by Crippen LogP contribution is -2.13. The van der Waals surface area contributed by atoms with E-state index >= 15 is 0 Å². The van der Waals surface area contributed by atoms with E-state index in [0.717, 1.165) is 47.6 Å². The summed E-state index contributed by atoms with van der Waals surface area (Å²) in [5.41, 5.74) is 3.36. The van der Waals surface area contributed by atoms with E-state index in [4.69, 9.17) is 16.6 Å². The molecule has 0 saturated carbocycles. The van der Waals surface area contributed by atoms with Crippen molar-refractivity contribution in [1.82, 2.24) is 9.55 Å². The Balaban J connectivity index is 2.13. The summed E-state index contributed by atoms with van der Waals surface area (Å²) in [6.45, 7) is 2.65. The number of carbonyl (C=O) groups is 1. The van der Waals surface area contributed by atoms with Gasteiger partial charge in [0.15, 0.2) is 0 Å². The maximum atomic E-state index is 11.6. The third-order valence-electron chi connectivity index (χ3n) is 4.56. The van der Waals surface area contributed by atoms with Crippen molar-refractivity contribution in [2.45, 2.75) is 39.2 Å². The molecule has 3 aromatic rings. The lowest BCUT2D eigenvalue weighted by molar-refractivity contribution is -0.136. The van der Waals surface area contributed by atoms with Crippen LogP contribution in [-0.4, -0.2) is 20.6 Å². The van der Waals surface area contributed by atoms with Gasteiger partial charge in [0, 0.05) is 17.0 Å². The van der Waals surface area contributed by atoms with Crippen LogP contribution < -0.4 is 0 Å². The number of halogens is 1. The third-order valence-corrected chi connectivity index (χ3v) is 4.93. The fourth-order valence-corrected chi connectivity index (χ4v) is 3.39. The van der Waals surface area contributed by atoms with E-state index in [2.05, 4.69) is 6.92 Å². The highest BCUT2D eigenvalue weighted by Crippen LogP contribution is 2.28. The molecule has 0 radical (unpaired) electrons. The van der Waals surface area contributed by atoms with Crippen molar-refractivity contribution in [2.75, 3.05) is 0 Å². The van der Waals surface area contributed by atoms with Crippen LogP contribution in [0.5, 0.6) is 0 Å². The second-order valence-electron chi connectivity index (χ2n) is 6.54. The summed E-state index contributed by atoms with van der Waals surface area (Å²) >= 11 is 6.36. The molecule has 0 fully saturated rings. The van der Waals surface area contributed by atoms with Crippen molar-refractivity contribution in [1.29, 1.82) is 0 Å². The Hall–Kier alpha value is -2.59. The van der Waals surface area contributed by atoms with Crippen molar-refractivity contribution in [3.63, 3.8) is 0 Å². The molecule has 0 aliphatic rings. The van der Waals surface area contributed by atoms with Crippen molar-refractivity contribution in [3.8, 4) is 11.3 Å². The Morgan fingerprint density at radius 3 is 2.48 bits per heavy atom. The molecular formula is C22H23ClN2O2. The third kappa shape index (κ3) is 4.58. The molecule has 0 aliphatic heterocycles. The van der Waals surface area contributed by atoms with Crippen LogP contribution in [0.25, 0.3) is 11.3 Å². The smallest absolute Gasteiger partial charge is 0.309 e. The SMILES string of the molecule is CCCCc1nc(-c2ccccc2)c(CC(=O)O)n1Cc1ccccc1Cl. The number of aromatic nitrogens is 2. The Kier molecular flexibility index (Phi) is 6.30. The van der Waals surface area contributed by atoms with E-state index in [0.29, 0.717) is 11.6 Å². The molecule has 4 nitrogen and oxygen atoms in total. The number of hydrogen-bond donors (Lipinski definition) is 1. The number of aliphatic carboxylic acids is 1. The van der Waals surface area contributed by atoms with Crippen molar-refractivity contribution in [3.05, 3.63) is 76.7 Å². The molecule has 0 bridgehead atoms. The lowest BCUT2D eigenvalue weighted by atomic mass is 10.1. The van der Waals surface area contributed by atoms with Crippen LogP contribution >= 0.6 is 11.6 Å². The van der Waals surface area contributed by atoms with Gasteiger partial charge >= 0.3 is 5.97 Å². The van der Waals surface area contributed by atoms with Crippen LogP contribution in [0.15, 0.2) is 54.6 Å². The van der Waals surface area contributed by atoms with Gasteiger partial charge in [-0.25, -0.2) is 4.98 Å². The van der Waals surface area contributed by atoms with Gasteiger partial charge in [-0.2, -0.15) is 0 Å². The first kappa shape index (κ1) is 19.2. The summed E-state index contributed by atoms with van der Waals surface area (Å²) < 4.78 is 2.04. The predicted octanol–water partition coefficient (Wildman–Crippen LogP) is 5.22. The zero-order valence-corrected chi connectivity index (χ0v) is 16.1. The number of imidazole rings is 1. The number of rotatable bonds is 8. The summed E-state index contributed by atoms with van der Waals surface area (Å²) in [6.07, 6.45) is 2.78. The minimum absolute atomic E-state index is 0.0756. The first-order chi connectivity index (χ1) is 13.1. The fourth-order valence-electron chi connectivity index (χ4n) is 3.20. The van der Waals surface area contributed by atoms with E-state index < -0.39 is 5.97 Å². The molecule has 0 saturated heterocycles. The van der Waals surface area contributed by atoms with Crippen LogP contribution in [0.4, 0.5) is 0 Å². The molecule has 5 heteroatoms. The zero-order valence-electron chi connectivity index (χ0n) is 15.4. The van der Waals surface area contributed by atoms with E-state index in [1.165, 1.54) is 0 Å². The number of carboxylic acid groups (broad SMARTS) is 1. The largest absolute Gasteiger partial charge is 0.481 e. The number of unbranched alkanes of at least 4 members (excludes halogenated alkanes) is 1. The van der Waals surface area contributed by atoms with E-state index in [1.807, 2.05) is 59.2 Å². The average Bonchev–Trinajstić information content (AvgIpc) is 2.99. The highest BCUT2D eigenvalue weighted by atomic mass is 35.5. The number of nitrogens with zero attached hydrogens (tertiary/aromatic N) is 2. The minimum Gasteiger partial charge on any atom is -0.481 e. The predicted molar refractivity (Wildman–Crippen MR) is 108 cm³/mol. The fraction of sp³-hybridized carbons (Fsp3) is 0.273. The Bertz CT molecular complexity index is 919. The highest BCUT2D eigenvalue weighted by molar-refractivity contribution is 6.31. The molecule has 1 N–H and O–H groups in total. The maximum Gasteiger partial charge on any atom is 0.309 e. The summed E-state index contributed by atoms with van der Waals surface area (Å²) in [4.78, 5) is 16.4. The second-order valence-corrected chi connectivity index (χ2v) is 6.95. The van der Waals surface area contributed by atoms with Crippen molar-refractivity contribution < 1.29 is 9.90 Å². The molecule has 1 aromatic heterocycles. The molecule has 1 heterocycles. The van der Waals surface area contributed by atoms with Gasteiger partial charge in [0.05, 0.1) is 24.4 Å². The molecule has 2 aromatic carbocycles. The first-order valence-electron chi connectivity index (χ1n) is 9.19. The van der Waals surface area contributed by atoms with Gasteiger partial charge in [-0.3, -0.25) is 4.79 Å². The van der Waals surface area contributed by atoms with Crippen molar-refractivity contribution >= 4 is 17.6 Å². The Labute approximate surface area is 164 Å². The molecule has 0 aliphatic carbocycles. The van der Waals surface area contributed by atoms with Gasteiger partial charge < -0.3 is 9.67 Å². The number of benzene rings is 2. The standard InChI is InChI=1S/C22H23ClN2O2/c1-2-3-13-20-24-22(16-9-5-4-6-10-16)19(14-21(26)27)25(20)15-17-11-7-8-12-18(17)23/h4-12H,2-3,13-15H2,1H3,(H,26,27). The summed E-state index contributed by atoms with van der Waals surface area (Å²) in [7, 11) is 0. The van der Waals surface area contributed by atoms with Crippen LogP contribution in [0.1, 0.15) is 36.8 Å². The minimum atomic E-state index is -0.866. The van der Waals surface area contributed by atoms with Gasteiger partial charge in [-0.05, 0) is 18.1 Å². The van der Waals surface area contributed by atoms with Crippen LogP contribution in [0.3, 0.4) is 0 Å². The molecule has 140 valence electrons. The van der Waals surface area contributed by atoms with Gasteiger partial charge in [-0.1, -0.05) is 73.5 Å². The number of hydrogen-bond acceptors (Lipinski definition) is 2. The molecular weight excluding hydrogens is 360 g/mol. The topological polar surface area (TPSA) is 55.1 Å². The van der Waals surface area contributed by atoms with Gasteiger partial charge in [0.1, 0.15) is 5.82 Å². The van der Waals surface area contributed by atoms with E-state index in [9.17, 15) is 9.90 Å². The zero-order chi connectivity index (χ0) is 19.2. The van der Waals surface area contributed by atoms with Gasteiger partial charge in [0.2, 0.25) is 0 Å². The highest BCUT2D eigenvalue weighted by Gasteiger charge is 2.21. The van der Waals surface area contributed by atoms with Gasteiger partial charge in [-0.15, -0.1) is 0 Å². The van der Waals surface area contributed by atoms with Crippen LogP contribution in [0.2, 0.25) is 5.02 Å². The monoisotopic (exact) mass is 382 g/mol. The summed E-state index contributed by atoms with van der Waals surface area (Å²) in [6, 6.07) is 17.4. The Morgan fingerprint density at radius 2 is 1.81 bits per heavy atom. The second kappa shape index (κ2) is 8.87. The van der Waals surface area contributed by atoms with Crippen LogP contribution in [0, 0.1) is 0 Å². The maximum absolute atomic E-state index is 11.6. The number of carboxylic acids is 1. The van der Waals surface area contributed by atoms with Gasteiger partial charge in [0.25, 0.3) is 0 Å². The molecule has 0 amide bonds. The van der Waals surface area contributed by atoms with Crippen LogP contribution in [-0.2, 0) is 24.2 Å². The summed E-state index contributed by atoms with van der Waals surface area (Å²) in [5, 5.41) is 10.2. The molecule has 3 rings (SSSR count).